The predicted molar refractivity (Wildman–Crippen MR) is 93.6 cm³/mol. The predicted octanol–water partition coefficient (Wildman–Crippen LogP) is 3.06. The molecule has 0 aliphatic rings. The summed E-state index contributed by atoms with van der Waals surface area (Å²) in [5.74, 6) is 0. The molecule has 0 unspecified atom stereocenters. The lowest BCUT2D eigenvalue weighted by Crippen LogP contribution is -2.35. The molecular formula is C17H24N4O2. The molecular weight excluding hydrogens is 292 g/mol. The zero-order valence-corrected chi connectivity index (χ0v) is 14.1. The molecule has 0 radical (unpaired) electrons. The van der Waals surface area contributed by atoms with Gasteiger partial charge in [-0.05, 0) is 52.0 Å². The Hall–Kier alpha value is -2.50. The van der Waals surface area contributed by atoms with Gasteiger partial charge in [0.1, 0.15) is 5.60 Å². The van der Waals surface area contributed by atoms with E-state index in [1.54, 1.807) is 0 Å². The van der Waals surface area contributed by atoms with Gasteiger partial charge in [0, 0.05) is 35.5 Å². The van der Waals surface area contributed by atoms with Crippen molar-refractivity contribution >= 4 is 28.4 Å². The van der Waals surface area contributed by atoms with Gasteiger partial charge in [-0.1, -0.05) is 0 Å². The van der Waals surface area contributed by atoms with E-state index in [4.69, 9.17) is 10.5 Å². The number of aryl methyl sites for hydroxylation is 1. The van der Waals surface area contributed by atoms with E-state index < -0.39 is 11.7 Å². The first-order chi connectivity index (χ1) is 10.7. The van der Waals surface area contributed by atoms with Crippen molar-refractivity contribution < 1.29 is 9.53 Å². The number of aromatic nitrogens is 1. The summed E-state index contributed by atoms with van der Waals surface area (Å²) in [6.07, 6.45) is -0.417. The van der Waals surface area contributed by atoms with Gasteiger partial charge in [-0.25, -0.2) is 4.79 Å². The standard InChI is InChI=1S/C17H24N4O2/c1-11-9-15(13-10-12(18)5-6-14(13)21-11)19-7-8-20-16(22)23-17(2,3)4/h5-6,9-10H,7-8,18H2,1-4H3,(H,19,21)(H,20,22). The lowest BCUT2D eigenvalue weighted by atomic mass is 10.1. The van der Waals surface area contributed by atoms with Crippen molar-refractivity contribution in [1.29, 1.82) is 0 Å². The number of amides is 1. The van der Waals surface area contributed by atoms with Crippen molar-refractivity contribution in [2.24, 2.45) is 0 Å². The summed E-state index contributed by atoms with van der Waals surface area (Å²) in [5.41, 5.74) is 8.82. The summed E-state index contributed by atoms with van der Waals surface area (Å²) >= 11 is 0. The fraction of sp³-hybridized carbons (Fsp3) is 0.412. The lowest BCUT2D eigenvalue weighted by Gasteiger charge is -2.19. The first-order valence-corrected chi connectivity index (χ1v) is 7.62. The number of nitrogens with one attached hydrogen (secondary N) is 2. The molecule has 0 saturated carbocycles. The molecule has 0 spiro atoms. The largest absolute Gasteiger partial charge is 0.444 e. The third-order valence-electron chi connectivity index (χ3n) is 3.07. The highest BCUT2D eigenvalue weighted by molar-refractivity contribution is 5.93. The molecule has 6 heteroatoms. The van der Waals surface area contributed by atoms with Crippen LogP contribution in [0, 0.1) is 6.92 Å². The summed E-state index contributed by atoms with van der Waals surface area (Å²) in [6, 6.07) is 7.60. The van der Waals surface area contributed by atoms with E-state index in [-0.39, 0.29) is 0 Å². The Balaban J connectivity index is 1.97. The van der Waals surface area contributed by atoms with E-state index in [0.717, 1.165) is 22.3 Å². The highest BCUT2D eigenvalue weighted by Crippen LogP contribution is 2.25. The summed E-state index contributed by atoms with van der Waals surface area (Å²) in [5, 5.41) is 6.99. The molecule has 0 atom stereocenters. The molecule has 1 aromatic carbocycles. The molecule has 2 rings (SSSR count). The maximum absolute atomic E-state index is 11.6. The average molecular weight is 316 g/mol. The number of carbonyl (C=O) groups is 1. The van der Waals surface area contributed by atoms with E-state index in [0.29, 0.717) is 18.8 Å². The van der Waals surface area contributed by atoms with Crippen LogP contribution < -0.4 is 16.4 Å². The van der Waals surface area contributed by atoms with Crippen LogP contribution in [0.1, 0.15) is 26.5 Å². The second-order valence-electron chi connectivity index (χ2n) is 6.44. The minimum atomic E-state index is -0.493. The van der Waals surface area contributed by atoms with Gasteiger partial charge in [0.05, 0.1) is 5.52 Å². The Bertz CT molecular complexity index is 708. The summed E-state index contributed by atoms with van der Waals surface area (Å²) in [6.45, 7) is 8.48. The molecule has 1 aromatic heterocycles. The fourth-order valence-electron chi connectivity index (χ4n) is 2.20. The van der Waals surface area contributed by atoms with Crippen LogP contribution in [0.3, 0.4) is 0 Å². The van der Waals surface area contributed by atoms with Crippen LogP contribution in [0.4, 0.5) is 16.2 Å². The van der Waals surface area contributed by atoms with E-state index in [1.165, 1.54) is 0 Å². The third-order valence-corrected chi connectivity index (χ3v) is 3.07. The number of benzene rings is 1. The molecule has 4 N–H and O–H groups in total. The average Bonchev–Trinajstić information content (AvgIpc) is 2.42. The van der Waals surface area contributed by atoms with Crippen molar-refractivity contribution in [3.63, 3.8) is 0 Å². The fourth-order valence-corrected chi connectivity index (χ4v) is 2.20. The number of hydrogen-bond donors (Lipinski definition) is 3. The molecule has 2 aromatic rings. The SMILES string of the molecule is Cc1cc(NCCNC(=O)OC(C)(C)C)c2cc(N)ccc2n1. The van der Waals surface area contributed by atoms with E-state index in [1.807, 2.05) is 52.0 Å². The van der Waals surface area contributed by atoms with Crippen LogP contribution >= 0.6 is 0 Å². The van der Waals surface area contributed by atoms with Crippen molar-refractivity contribution in [3.8, 4) is 0 Å². The minimum Gasteiger partial charge on any atom is -0.444 e. The molecule has 0 bridgehead atoms. The number of carbonyl (C=O) groups excluding carboxylic acids is 1. The number of ether oxygens (including phenoxy) is 1. The first-order valence-electron chi connectivity index (χ1n) is 7.62. The Morgan fingerprint density at radius 1 is 1.26 bits per heavy atom. The topological polar surface area (TPSA) is 89.3 Å². The number of nitrogens with zero attached hydrogens (tertiary/aromatic N) is 1. The number of pyridine rings is 1. The van der Waals surface area contributed by atoms with Crippen LogP contribution in [-0.4, -0.2) is 29.8 Å². The van der Waals surface area contributed by atoms with Crippen molar-refractivity contribution in [3.05, 3.63) is 30.0 Å². The first kappa shape index (κ1) is 16.9. The molecule has 0 fully saturated rings. The highest BCUT2D eigenvalue weighted by atomic mass is 16.6. The molecule has 0 aliphatic carbocycles. The molecule has 6 nitrogen and oxygen atoms in total. The maximum Gasteiger partial charge on any atom is 0.407 e. The normalized spacial score (nSPS) is 11.3. The van der Waals surface area contributed by atoms with Crippen LogP contribution in [0.25, 0.3) is 10.9 Å². The third kappa shape index (κ3) is 5.02. The van der Waals surface area contributed by atoms with Crippen LogP contribution in [0.5, 0.6) is 0 Å². The summed E-state index contributed by atoms with van der Waals surface area (Å²) < 4.78 is 5.19. The number of fused-ring (bicyclic) bond motifs is 1. The molecule has 124 valence electrons. The monoisotopic (exact) mass is 316 g/mol. The zero-order valence-electron chi connectivity index (χ0n) is 14.1. The number of rotatable bonds is 4. The number of anilines is 2. The van der Waals surface area contributed by atoms with Gasteiger partial charge in [-0.2, -0.15) is 0 Å². The highest BCUT2D eigenvalue weighted by Gasteiger charge is 2.15. The van der Waals surface area contributed by atoms with Crippen LogP contribution in [0.2, 0.25) is 0 Å². The molecule has 1 amide bonds. The number of nitrogen functional groups attached to an aromatic ring is 1. The van der Waals surface area contributed by atoms with Gasteiger partial charge in [0.2, 0.25) is 0 Å². The van der Waals surface area contributed by atoms with Crippen molar-refractivity contribution in [2.75, 3.05) is 24.1 Å². The lowest BCUT2D eigenvalue weighted by molar-refractivity contribution is 0.0530. The second-order valence-corrected chi connectivity index (χ2v) is 6.44. The van der Waals surface area contributed by atoms with Crippen LogP contribution in [-0.2, 0) is 4.74 Å². The Labute approximate surface area is 136 Å². The van der Waals surface area contributed by atoms with Gasteiger partial charge in [0.15, 0.2) is 0 Å². The number of alkyl carbamates (subject to hydrolysis) is 1. The molecule has 0 saturated heterocycles. The van der Waals surface area contributed by atoms with Gasteiger partial charge in [-0.15, -0.1) is 0 Å². The maximum atomic E-state index is 11.6. The summed E-state index contributed by atoms with van der Waals surface area (Å²) in [7, 11) is 0. The Morgan fingerprint density at radius 2 is 2.00 bits per heavy atom. The summed E-state index contributed by atoms with van der Waals surface area (Å²) in [4.78, 5) is 16.1. The quantitative estimate of drug-likeness (QED) is 0.596. The van der Waals surface area contributed by atoms with Gasteiger partial charge < -0.3 is 21.1 Å². The van der Waals surface area contributed by atoms with Gasteiger partial charge in [0.25, 0.3) is 0 Å². The second kappa shape index (κ2) is 6.73. The number of hydrogen-bond acceptors (Lipinski definition) is 5. The molecule has 1 heterocycles. The van der Waals surface area contributed by atoms with Crippen LogP contribution in [0.15, 0.2) is 24.3 Å². The van der Waals surface area contributed by atoms with Gasteiger partial charge >= 0.3 is 6.09 Å². The molecule has 0 aliphatic heterocycles. The smallest absolute Gasteiger partial charge is 0.407 e. The Morgan fingerprint density at radius 3 is 2.70 bits per heavy atom. The molecule has 23 heavy (non-hydrogen) atoms. The van der Waals surface area contributed by atoms with E-state index in [2.05, 4.69) is 15.6 Å². The van der Waals surface area contributed by atoms with Gasteiger partial charge in [-0.3, -0.25) is 4.98 Å². The van der Waals surface area contributed by atoms with Crippen molar-refractivity contribution in [2.45, 2.75) is 33.3 Å². The Kier molecular flexibility index (Phi) is 4.93. The number of nitrogens with two attached hydrogens (primary N) is 1. The minimum absolute atomic E-state index is 0.417. The van der Waals surface area contributed by atoms with Crippen molar-refractivity contribution in [1.82, 2.24) is 10.3 Å². The van der Waals surface area contributed by atoms with E-state index in [9.17, 15) is 4.79 Å². The van der Waals surface area contributed by atoms with E-state index >= 15 is 0 Å². The zero-order chi connectivity index (χ0) is 17.0.